The molecule has 0 aliphatic carbocycles. The van der Waals surface area contributed by atoms with Crippen molar-refractivity contribution in [2.45, 2.75) is 99.5 Å². The van der Waals surface area contributed by atoms with Crippen LogP contribution in [0.25, 0.3) is 0 Å². The van der Waals surface area contributed by atoms with Crippen LogP contribution in [0.3, 0.4) is 0 Å². The summed E-state index contributed by atoms with van der Waals surface area (Å²) < 4.78 is 5.30. The highest BCUT2D eigenvalue weighted by molar-refractivity contribution is 6.02. The minimum absolute atomic E-state index is 0.210. The monoisotopic (exact) mass is 399 g/mol. The molecule has 0 amide bonds. The summed E-state index contributed by atoms with van der Waals surface area (Å²) in [6.45, 7) is 15.0. The Kier molecular flexibility index (Phi) is 11.6. The molecule has 0 saturated carbocycles. The molecule has 1 aliphatic rings. The van der Waals surface area contributed by atoms with Crippen molar-refractivity contribution in [3.8, 4) is 0 Å². The number of hydrogen-bond acceptors (Lipinski definition) is 3. The number of aliphatic imine (C=N–C) groups is 1. The Morgan fingerprint density at radius 1 is 0.897 bits per heavy atom. The molecule has 0 fully saturated rings. The Balaban J connectivity index is 2.37. The lowest BCUT2D eigenvalue weighted by Crippen LogP contribution is -2.16. The molecule has 0 saturated heterocycles. The lowest BCUT2D eigenvalue weighted by molar-refractivity contribution is -0.135. The molecule has 162 valence electrons. The minimum Gasteiger partial charge on any atom is -0.406 e. The van der Waals surface area contributed by atoms with Gasteiger partial charge >= 0.3 is 5.97 Å². The van der Waals surface area contributed by atoms with Gasteiger partial charge in [-0.3, -0.25) is 0 Å². The van der Waals surface area contributed by atoms with E-state index in [4.69, 9.17) is 4.74 Å². The van der Waals surface area contributed by atoms with Crippen LogP contribution in [0.1, 0.15) is 93.4 Å². The van der Waals surface area contributed by atoms with Crippen LogP contribution in [0.15, 0.2) is 51.6 Å². The van der Waals surface area contributed by atoms with Crippen molar-refractivity contribution in [1.29, 1.82) is 0 Å². The van der Waals surface area contributed by atoms with E-state index >= 15 is 0 Å². The zero-order valence-corrected chi connectivity index (χ0v) is 19.7. The number of carbonyl (C=O) groups is 1. The molecular formula is C26H41NO2. The molecule has 0 N–H and O–H groups in total. The van der Waals surface area contributed by atoms with Gasteiger partial charge in [0.1, 0.15) is 0 Å². The normalized spacial score (nSPS) is 18.2. The zero-order valence-electron chi connectivity index (χ0n) is 19.7. The van der Waals surface area contributed by atoms with Crippen LogP contribution in [-0.4, -0.2) is 17.9 Å². The number of ether oxygens (including phenoxy) is 1. The molecule has 1 unspecified atom stereocenters. The Morgan fingerprint density at radius 3 is 1.93 bits per heavy atom. The predicted octanol–water partition coefficient (Wildman–Crippen LogP) is 7.50. The van der Waals surface area contributed by atoms with Gasteiger partial charge in [-0.15, -0.1) is 0 Å². The van der Waals surface area contributed by atoms with E-state index in [1.807, 2.05) is 6.08 Å². The van der Waals surface area contributed by atoms with Gasteiger partial charge in [0.05, 0.1) is 0 Å². The van der Waals surface area contributed by atoms with Gasteiger partial charge in [0, 0.05) is 0 Å². The van der Waals surface area contributed by atoms with Crippen molar-refractivity contribution >= 4 is 11.9 Å². The fraction of sp³-hybridized carbons (Fsp3) is 0.615. The topological polar surface area (TPSA) is 38.7 Å². The maximum atomic E-state index is 11.9. The van der Waals surface area contributed by atoms with Crippen molar-refractivity contribution in [3.05, 3.63) is 46.6 Å². The van der Waals surface area contributed by atoms with Gasteiger partial charge in [-0.1, -0.05) is 54.4 Å². The molecule has 3 nitrogen and oxygen atoms in total. The average molecular weight is 400 g/mol. The van der Waals surface area contributed by atoms with E-state index in [-0.39, 0.29) is 12.0 Å². The van der Waals surface area contributed by atoms with Gasteiger partial charge in [0.2, 0.25) is 5.90 Å². The van der Waals surface area contributed by atoms with Crippen LogP contribution in [0, 0.1) is 5.92 Å². The van der Waals surface area contributed by atoms with Crippen LogP contribution < -0.4 is 0 Å². The molecular weight excluding hydrogens is 358 g/mol. The summed E-state index contributed by atoms with van der Waals surface area (Å²) in [5.41, 5.74) is 5.51. The molecule has 29 heavy (non-hydrogen) atoms. The molecule has 3 heteroatoms. The maximum absolute atomic E-state index is 11.9. The van der Waals surface area contributed by atoms with E-state index in [0.717, 1.165) is 44.9 Å². The summed E-state index contributed by atoms with van der Waals surface area (Å²) in [5.74, 6) is 0.704. The lowest BCUT2D eigenvalue weighted by atomic mass is 10.0. The van der Waals surface area contributed by atoms with Crippen LogP contribution in [-0.2, 0) is 9.53 Å². The van der Waals surface area contributed by atoms with Gasteiger partial charge in [-0.05, 0) is 91.6 Å². The zero-order chi connectivity index (χ0) is 21.8. The Labute approximate surface area is 178 Å². The first-order valence-corrected chi connectivity index (χ1v) is 11.1. The fourth-order valence-corrected chi connectivity index (χ4v) is 3.23. The van der Waals surface area contributed by atoms with Crippen LogP contribution in [0.4, 0.5) is 0 Å². The summed E-state index contributed by atoms with van der Waals surface area (Å²) in [4.78, 5) is 16.3. The Morgan fingerprint density at radius 2 is 1.41 bits per heavy atom. The first-order chi connectivity index (χ1) is 13.7. The minimum atomic E-state index is -0.324. The van der Waals surface area contributed by atoms with Crippen LogP contribution in [0.5, 0.6) is 0 Å². The van der Waals surface area contributed by atoms with Crippen LogP contribution >= 0.6 is 0 Å². The Hall–Kier alpha value is -1.90. The molecule has 0 aromatic rings. The van der Waals surface area contributed by atoms with Crippen molar-refractivity contribution in [2.75, 3.05) is 0 Å². The van der Waals surface area contributed by atoms with Crippen LogP contribution in [0.2, 0.25) is 0 Å². The smallest absolute Gasteiger partial charge is 0.337 e. The van der Waals surface area contributed by atoms with E-state index in [2.05, 4.69) is 71.7 Å². The molecule has 0 aromatic carbocycles. The first-order valence-electron chi connectivity index (χ1n) is 11.1. The van der Waals surface area contributed by atoms with Gasteiger partial charge in [0.25, 0.3) is 0 Å². The highest BCUT2D eigenvalue weighted by atomic mass is 16.6. The molecule has 0 radical (unpaired) electrons. The molecule has 1 rings (SSSR count). The lowest BCUT2D eigenvalue weighted by Gasteiger charge is -2.05. The summed E-state index contributed by atoms with van der Waals surface area (Å²) >= 11 is 0. The van der Waals surface area contributed by atoms with Crippen molar-refractivity contribution in [2.24, 2.45) is 10.9 Å². The van der Waals surface area contributed by atoms with Gasteiger partial charge in [0.15, 0.2) is 6.04 Å². The summed E-state index contributed by atoms with van der Waals surface area (Å²) in [5, 5.41) is 0. The third-order valence-electron chi connectivity index (χ3n) is 4.98. The predicted molar refractivity (Wildman–Crippen MR) is 125 cm³/mol. The number of cyclic esters (lactones) is 1. The van der Waals surface area contributed by atoms with E-state index in [1.54, 1.807) is 0 Å². The van der Waals surface area contributed by atoms with E-state index < -0.39 is 0 Å². The van der Waals surface area contributed by atoms with Gasteiger partial charge in [-0.25, -0.2) is 9.79 Å². The fourth-order valence-electron chi connectivity index (χ4n) is 3.23. The summed E-state index contributed by atoms with van der Waals surface area (Å²) in [6.07, 6.45) is 16.2. The second-order valence-corrected chi connectivity index (χ2v) is 9.02. The van der Waals surface area contributed by atoms with Crippen molar-refractivity contribution in [1.82, 2.24) is 0 Å². The number of nitrogens with zero attached hydrogens (tertiary/aromatic N) is 1. The Bertz CT molecular complexity index is 685. The third-order valence-corrected chi connectivity index (χ3v) is 4.98. The highest BCUT2D eigenvalue weighted by Crippen LogP contribution is 2.18. The van der Waals surface area contributed by atoms with Crippen molar-refractivity contribution in [3.63, 3.8) is 0 Å². The number of carbonyl (C=O) groups excluding carboxylic acids is 1. The molecule has 0 bridgehead atoms. The summed E-state index contributed by atoms with van der Waals surface area (Å²) in [6, 6.07) is -0.324. The number of hydrogen-bond donors (Lipinski definition) is 0. The number of esters is 1. The molecule has 1 aliphatic heterocycles. The van der Waals surface area contributed by atoms with Crippen molar-refractivity contribution < 1.29 is 9.53 Å². The number of allylic oxidation sites excluding steroid dienone is 7. The molecule has 0 spiro atoms. The largest absolute Gasteiger partial charge is 0.406 e. The highest BCUT2D eigenvalue weighted by Gasteiger charge is 2.28. The molecule has 1 atom stereocenters. The van der Waals surface area contributed by atoms with E-state index in [9.17, 15) is 4.79 Å². The summed E-state index contributed by atoms with van der Waals surface area (Å²) in [7, 11) is 0. The average Bonchev–Trinajstić information content (AvgIpc) is 2.92. The third kappa shape index (κ3) is 11.6. The second kappa shape index (κ2) is 13.3. The SMILES string of the molecule is CC(C)=CCCC(C)=CCCC(C)=CCCC(C)=CC1=NC(CC(C)C)C(=O)O1. The second-order valence-electron chi connectivity index (χ2n) is 9.02. The molecule has 1 heterocycles. The number of rotatable bonds is 12. The van der Waals surface area contributed by atoms with E-state index in [1.165, 1.54) is 22.3 Å². The molecule has 0 aromatic heterocycles. The first kappa shape index (κ1) is 25.1. The maximum Gasteiger partial charge on any atom is 0.337 e. The quantitative estimate of drug-likeness (QED) is 0.252. The van der Waals surface area contributed by atoms with Gasteiger partial charge < -0.3 is 4.74 Å². The standard InChI is InChI=1S/C26H41NO2/c1-19(2)11-8-12-21(5)13-9-14-22(6)15-10-16-23(7)18-25-27-24(17-20(3)4)26(28)29-25/h11,13,15,18,20,24H,8-10,12,14,16-17H2,1-7H3. The van der Waals surface area contributed by atoms with Gasteiger partial charge in [-0.2, -0.15) is 0 Å². The van der Waals surface area contributed by atoms with E-state index in [0.29, 0.717) is 11.8 Å².